The molecule has 132 valence electrons. The van der Waals surface area contributed by atoms with Crippen LogP contribution in [-0.2, 0) is 9.59 Å². The number of anilines is 2. The van der Waals surface area contributed by atoms with E-state index in [0.717, 1.165) is 27.7 Å². The van der Waals surface area contributed by atoms with Crippen molar-refractivity contribution >= 4 is 68.3 Å². The number of carbonyl (C=O) groups excluding carboxylic acids is 2. The highest BCUT2D eigenvalue weighted by molar-refractivity contribution is 14.1. The fourth-order valence-electron chi connectivity index (χ4n) is 2.32. The molecule has 1 aliphatic carbocycles. The molecular weight excluding hydrogens is 471 g/mol. The first-order chi connectivity index (χ1) is 11.9. The quantitative estimate of drug-likeness (QED) is 0.382. The lowest BCUT2D eigenvalue weighted by Crippen LogP contribution is -2.30. The van der Waals surface area contributed by atoms with Crippen molar-refractivity contribution in [3.8, 4) is 0 Å². The summed E-state index contributed by atoms with van der Waals surface area (Å²) in [6.07, 6.45) is 2.03. The highest BCUT2D eigenvalue weighted by Crippen LogP contribution is 2.35. The van der Waals surface area contributed by atoms with Crippen LogP contribution >= 0.6 is 45.7 Å². The Hall–Kier alpha value is -1.20. The van der Waals surface area contributed by atoms with Crippen molar-refractivity contribution in [1.29, 1.82) is 0 Å². The number of hydrogen-bond acceptors (Lipinski definition) is 6. The number of rotatable bonds is 6. The maximum absolute atomic E-state index is 12.1. The lowest BCUT2D eigenvalue weighted by Gasteiger charge is -2.15. The number of nitrogens with one attached hydrogen (secondary N) is 1. The van der Waals surface area contributed by atoms with Gasteiger partial charge < -0.3 is 5.32 Å². The molecule has 2 aromatic rings. The van der Waals surface area contributed by atoms with Crippen LogP contribution < -0.4 is 10.2 Å². The Morgan fingerprint density at radius 3 is 2.80 bits per heavy atom. The van der Waals surface area contributed by atoms with Crippen LogP contribution in [-0.4, -0.2) is 33.8 Å². The number of halogens is 1. The topological polar surface area (TPSA) is 75.2 Å². The molecule has 25 heavy (non-hydrogen) atoms. The smallest absolute Gasteiger partial charge is 0.234 e. The average Bonchev–Trinajstić information content (AvgIpc) is 3.26. The van der Waals surface area contributed by atoms with Crippen LogP contribution in [0.5, 0.6) is 0 Å². The molecule has 1 fully saturated rings. The minimum atomic E-state index is -0.0864. The van der Waals surface area contributed by atoms with Crippen molar-refractivity contribution in [2.75, 3.05) is 16.0 Å². The third-order valence-electron chi connectivity index (χ3n) is 3.64. The first kappa shape index (κ1) is 18.6. The zero-order valence-corrected chi connectivity index (χ0v) is 17.6. The van der Waals surface area contributed by atoms with E-state index >= 15 is 0 Å². The lowest BCUT2D eigenvalue weighted by atomic mass is 10.2. The van der Waals surface area contributed by atoms with Gasteiger partial charge in [0, 0.05) is 22.2 Å². The van der Waals surface area contributed by atoms with Gasteiger partial charge in [-0.05, 0) is 66.1 Å². The SMILES string of the molecule is CC(=O)N(c1nnc(SCC(=O)Nc2ccc(I)cc2C)s1)C1CC1. The number of amides is 2. The van der Waals surface area contributed by atoms with Gasteiger partial charge in [-0.25, -0.2) is 0 Å². The molecule has 0 unspecified atom stereocenters. The molecule has 0 aliphatic heterocycles. The fourth-order valence-corrected chi connectivity index (χ4v) is 4.72. The molecule has 0 atom stereocenters. The molecule has 1 N–H and O–H groups in total. The second-order valence-electron chi connectivity index (χ2n) is 5.77. The minimum Gasteiger partial charge on any atom is -0.325 e. The number of aryl methyl sites for hydroxylation is 1. The second-order valence-corrected chi connectivity index (χ2v) is 9.19. The fraction of sp³-hybridized carbons (Fsp3) is 0.375. The van der Waals surface area contributed by atoms with Gasteiger partial charge in [-0.3, -0.25) is 14.5 Å². The first-order valence-electron chi connectivity index (χ1n) is 7.76. The Kier molecular flexibility index (Phi) is 5.95. The largest absolute Gasteiger partial charge is 0.325 e. The molecule has 1 saturated carbocycles. The summed E-state index contributed by atoms with van der Waals surface area (Å²) in [6.45, 7) is 3.51. The van der Waals surface area contributed by atoms with E-state index in [1.807, 2.05) is 25.1 Å². The van der Waals surface area contributed by atoms with Gasteiger partial charge in [-0.1, -0.05) is 23.1 Å². The van der Waals surface area contributed by atoms with Crippen molar-refractivity contribution in [3.05, 3.63) is 27.3 Å². The minimum absolute atomic E-state index is 0.0119. The lowest BCUT2D eigenvalue weighted by molar-refractivity contribution is -0.116. The monoisotopic (exact) mass is 488 g/mol. The van der Waals surface area contributed by atoms with Gasteiger partial charge in [-0.15, -0.1) is 10.2 Å². The van der Waals surface area contributed by atoms with Crippen LogP contribution in [0.15, 0.2) is 22.5 Å². The summed E-state index contributed by atoms with van der Waals surface area (Å²) in [5.74, 6) is 0.155. The molecule has 1 aromatic carbocycles. The molecule has 1 aromatic heterocycles. The summed E-state index contributed by atoms with van der Waals surface area (Å²) in [4.78, 5) is 25.6. The van der Waals surface area contributed by atoms with Gasteiger partial charge in [0.05, 0.1) is 5.75 Å². The zero-order valence-electron chi connectivity index (χ0n) is 13.8. The van der Waals surface area contributed by atoms with Crippen LogP contribution in [0.25, 0.3) is 0 Å². The molecule has 3 rings (SSSR count). The van der Waals surface area contributed by atoms with Gasteiger partial charge in [-0.2, -0.15) is 0 Å². The molecule has 0 bridgehead atoms. The Morgan fingerprint density at radius 1 is 1.40 bits per heavy atom. The van der Waals surface area contributed by atoms with E-state index < -0.39 is 0 Å². The molecule has 0 saturated heterocycles. The Bertz CT molecular complexity index is 807. The zero-order chi connectivity index (χ0) is 18.0. The van der Waals surface area contributed by atoms with Crippen molar-refractivity contribution in [2.24, 2.45) is 0 Å². The van der Waals surface area contributed by atoms with Crippen LogP contribution in [0.3, 0.4) is 0 Å². The van der Waals surface area contributed by atoms with Crippen LogP contribution in [0, 0.1) is 10.5 Å². The van der Waals surface area contributed by atoms with Crippen molar-refractivity contribution < 1.29 is 9.59 Å². The highest BCUT2D eigenvalue weighted by atomic mass is 127. The van der Waals surface area contributed by atoms with Gasteiger partial charge in [0.2, 0.25) is 16.9 Å². The molecule has 9 heteroatoms. The van der Waals surface area contributed by atoms with Gasteiger partial charge >= 0.3 is 0 Å². The summed E-state index contributed by atoms with van der Waals surface area (Å²) in [7, 11) is 0. The van der Waals surface area contributed by atoms with E-state index in [0.29, 0.717) is 9.47 Å². The average molecular weight is 488 g/mol. The molecule has 6 nitrogen and oxygen atoms in total. The molecule has 1 heterocycles. The van der Waals surface area contributed by atoms with Crippen molar-refractivity contribution in [2.45, 2.75) is 37.1 Å². The van der Waals surface area contributed by atoms with Gasteiger partial charge in [0.25, 0.3) is 0 Å². The van der Waals surface area contributed by atoms with Crippen LogP contribution in [0.4, 0.5) is 10.8 Å². The summed E-state index contributed by atoms with van der Waals surface area (Å²) in [6, 6.07) is 6.15. The molecule has 1 aliphatic rings. The van der Waals surface area contributed by atoms with Crippen LogP contribution in [0.2, 0.25) is 0 Å². The molecule has 0 spiro atoms. The maximum atomic E-state index is 12.1. The molecule has 0 radical (unpaired) electrons. The predicted octanol–water partition coefficient (Wildman–Crippen LogP) is 3.70. The third-order valence-corrected chi connectivity index (χ3v) is 6.37. The number of thioether (sulfide) groups is 1. The number of nitrogens with zero attached hydrogens (tertiary/aromatic N) is 3. The highest BCUT2D eigenvalue weighted by Gasteiger charge is 2.34. The van der Waals surface area contributed by atoms with E-state index in [1.165, 1.54) is 23.1 Å². The second kappa shape index (κ2) is 8.00. The van der Waals surface area contributed by atoms with E-state index in [2.05, 4.69) is 38.1 Å². The number of carbonyl (C=O) groups is 2. The molecule has 2 amide bonds. The third kappa shape index (κ3) is 4.91. The van der Waals surface area contributed by atoms with E-state index in [-0.39, 0.29) is 23.6 Å². The van der Waals surface area contributed by atoms with Gasteiger partial charge in [0.15, 0.2) is 4.34 Å². The maximum Gasteiger partial charge on any atom is 0.234 e. The van der Waals surface area contributed by atoms with E-state index in [4.69, 9.17) is 0 Å². The standard InChI is InChI=1S/C16H17IN4O2S2/c1-9-7-11(17)3-6-13(9)18-14(23)8-24-16-20-19-15(25-16)21(10(2)22)12-4-5-12/h3,6-7,12H,4-5,8H2,1-2H3,(H,18,23). The predicted molar refractivity (Wildman–Crippen MR) is 109 cm³/mol. The van der Waals surface area contributed by atoms with Crippen molar-refractivity contribution in [3.63, 3.8) is 0 Å². The van der Waals surface area contributed by atoms with Gasteiger partial charge in [0.1, 0.15) is 0 Å². The van der Waals surface area contributed by atoms with E-state index in [1.54, 1.807) is 11.8 Å². The van der Waals surface area contributed by atoms with Crippen LogP contribution in [0.1, 0.15) is 25.3 Å². The summed E-state index contributed by atoms with van der Waals surface area (Å²) < 4.78 is 1.82. The van der Waals surface area contributed by atoms with E-state index in [9.17, 15) is 9.59 Å². The van der Waals surface area contributed by atoms with Crippen molar-refractivity contribution in [1.82, 2.24) is 10.2 Å². The number of benzene rings is 1. The summed E-state index contributed by atoms with van der Waals surface area (Å²) >= 11 is 4.93. The normalized spacial score (nSPS) is 13.6. The summed E-state index contributed by atoms with van der Waals surface area (Å²) in [5, 5.41) is 11.7. The number of hydrogen-bond donors (Lipinski definition) is 1. The molecular formula is C16H17IN4O2S2. The summed E-state index contributed by atoms with van der Waals surface area (Å²) in [5.41, 5.74) is 1.85. The Balaban J connectivity index is 1.56. The first-order valence-corrected chi connectivity index (χ1v) is 10.6. The number of aromatic nitrogens is 2. The Morgan fingerprint density at radius 2 is 2.16 bits per heavy atom. The Labute approximate surface area is 167 Å².